The lowest BCUT2D eigenvalue weighted by atomic mass is 9.84. The van der Waals surface area contributed by atoms with Gasteiger partial charge in [-0.1, -0.05) is 41.3 Å². The van der Waals surface area contributed by atoms with Gasteiger partial charge in [0, 0.05) is 33.1 Å². The standard InChI is InChI=1S/C15H16BrNO/c16-12-7-4-8-13-14(12)11(9-17-13)15(18)10-5-2-1-3-6-10/h4,7-10,17H,1-3,5-6H2. The Morgan fingerprint density at radius 1 is 1.22 bits per heavy atom. The number of benzene rings is 1. The first-order chi connectivity index (χ1) is 8.77. The fourth-order valence-corrected chi connectivity index (χ4v) is 3.50. The molecule has 1 aliphatic rings. The third kappa shape index (κ3) is 2.01. The largest absolute Gasteiger partial charge is 0.360 e. The fourth-order valence-electron chi connectivity index (χ4n) is 2.92. The van der Waals surface area contributed by atoms with E-state index in [-0.39, 0.29) is 5.92 Å². The number of carbonyl (C=O) groups is 1. The topological polar surface area (TPSA) is 32.9 Å². The van der Waals surface area contributed by atoms with Crippen LogP contribution in [0, 0.1) is 5.92 Å². The van der Waals surface area contributed by atoms with Crippen LogP contribution in [0.25, 0.3) is 10.9 Å². The van der Waals surface area contributed by atoms with E-state index in [0.717, 1.165) is 33.8 Å². The molecule has 0 saturated heterocycles. The highest BCUT2D eigenvalue weighted by Crippen LogP contribution is 2.32. The summed E-state index contributed by atoms with van der Waals surface area (Å²) in [6.07, 6.45) is 7.64. The number of rotatable bonds is 2. The quantitative estimate of drug-likeness (QED) is 0.802. The van der Waals surface area contributed by atoms with Crippen LogP contribution >= 0.6 is 15.9 Å². The SMILES string of the molecule is O=C(c1c[nH]c2cccc(Br)c12)C1CCCCC1. The molecule has 3 rings (SSSR count). The molecule has 18 heavy (non-hydrogen) atoms. The minimum atomic E-state index is 0.227. The van der Waals surface area contributed by atoms with E-state index in [4.69, 9.17) is 0 Å². The van der Waals surface area contributed by atoms with Gasteiger partial charge in [0.05, 0.1) is 0 Å². The molecule has 0 amide bonds. The van der Waals surface area contributed by atoms with E-state index < -0.39 is 0 Å². The van der Waals surface area contributed by atoms with Gasteiger partial charge in [0.15, 0.2) is 5.78 Å². The van der Waals surface area contributed by atoms with Crippen LogP contribution in [0.4, 0.5) is 0 Å². The number of fused-ring (bicyclic) bond motifs is 1. The molecule has 0 radical (unpaired) electrons. The molecule has 2 aromatic rings. The van der Waals surface area contributed by atoms with Crippen molar-refractivity contribution in [1.29, 1.82) is 0 Å². The van der Waals surface area contributed by atoms with E-state index in [1.165, 1.54) is 19.3 Å². The van der Waals surface area contributed by atoms with Crippen molar-refractivity contribution in [2.75, 3.05) is 0 Å². The highest BCUT2D eigenvalue weighted by atomic mass is 79.9. The molecule has 1 saturated carbocycles. The van der Waals surface area contributed by atoms with Crippen LogP contribution in [0.3, 0.4) is 0 Å². The summed E-state index contributed by atoms with van der Waals surface area (Å²) in [6, 6.07) is 5.99. The summed E-state index contributed by atoms with van der Waals surface area (Å²) in [6.45, 7) is 0. The van der Waals surface area contributed by atoms with Crippen molar-refractivity contribution < 1.29 is 4.79 Å². The van der Waals surface area contributed by atoms with Crippen molar-refractivity contribution in [3.05, 3.63) is 34.4 Å². The molecule has 0 atom stereocenters. The van der Waals surface area contributed by atoms with Gasteiger partial charge in [0.2, 0.25) is 0 Å². The number of H-pyrrole nitrogens is 1. The molecule has 1 N–H and O–H groups in total. The Hall–Kier alpha value is -1.09. The van der Waals surface area contributed by atoms with Gasteiger partial charge >= 0.3 is 0 Å². The first kappa shape index (κ1) is 12.0. The predicted octanol–water partition coefficient (Wildman–Crippen LogP) is 4.69. The van der Waals surface area contributed by atoms with Crippen molar-refractivity contribution in [2.45, 2.75) is 32.1 Å². The molecule has 0 spiro atoms. The summed E-state index contributed by atoms with van der Waals surface area (Å²) in [5.74, 6) is 0.540. The highest BCUT2D eigenvalue weighted by Gasteiger charge is 2.24. The Kier molecular flexibility index (Phi) is 3.25. The lowest BCUT2D eigenvalue weighted by molar-refractivity contribution is 0.0891. The van der Waals surface area contributed by atoms with Crippen molar-refractivity contribution in [1.82, 2.24) is 4.98 Å². The zero-order valence-corrected chi connectivity index (χ0v) is 11.8. The van der Waals surface area contributed by atoms with Crippen LogP contribution < -0.4 is 0 Å². The number of ketones is 1. The molecule has 3 heteroatoms. The van der Waals surface area contributed by atoms with Gasteiger partial charge in [-0.2, -0.15) is 0 Å². The molecular formula is C15H16BrNO. The van der Waals surface area contributed by atoms with Gasteiger partial charge in [0.25, 0.3) is 0 Å². The van der Waals surface area contributed by atoms with Crippen LogP contribution in [0.15, 0.2) is 28.9 Å². The van der Waals surface area contributed by atoms with Crippen LogP contribution in [-0.2, 0) is 0 Å². The predicted molar refractivity (Wildman–Crippen MR) is 76.9 cm³/mol. The molecule has 1 aromatic carbocycles. The van der Waals surface area contributed by atoms with Gasteiger partial charge in [0.1, 0.15) is 0 Å². The molecule has 0 bridgehead atoms. The Morgan fingerprint density at radius 2 is 2.00 bits per heavy atom. The van der Waals surface area contributed by atoms with E-state index in [1.54, 1.807) is 0 Å². The van der Waals surface area contributed by atoms with Crippen molar-refractivity contribution in [3.8, 4) is 0 Å². The Labute approximate surface area is 115 Å². The Morgan fingerprint density at radius 3 is 2.78 bits per heavy atom. The van der Waals surface area contributed by atoms with Crippen molar-refractivity contribution >= 4 is 32.6 Å². The van der Waals surface area contributed by atoms with Gasteiger partial charge < -0.3 is 4.98 Å². The lowest BCUT2D eigenvalue weighted by Gasteiger charge is -2.19. The molecule has 1 aromatic heterocycles. The maximum atomic E-state index is 12.6. The monoisotopic (exact) mass is 305 g/mol. The highest BCUT2D eigenvalue weighted by molar-refractivity contribution is 9.10. The minimum absolute atomic E-state index is 0.227. The van der Waals surface area contributed by atoms with Crippen LogP contribution in [0.5, 0.6) is 0 Å². The normalized spacial score (nSPS) is 17.2. The van der Waals surface area contributed by atoms with Gasteiger partial charge in [-0.3, -0.25) is 4.79 Å². The second kappa shape index (κ2) is 4.88. The third-order valence-electron chi connectivity index (χ3n) is 3.90. The fraction of sp³-hybridized carbons (Fsp3) is 0.400. The van der Waals surface area contributed by atoms with E-state index in [9.17, 15) is 4.79 Å². The number of nitrogens with one attached hydrogen (secondary N) is 1. The number of carbonyl (C=O) groups excluding carboxylic acids is 1. The number of hydrogen-bond donors (Lipinski definition) is 1. The molecule has 1 fully saturated rings. The summed E-state index contributed by atoms with van der Waals surface area (Å²) in [5, 5.41) is 1.04. The van der Waals surface area contributed by atoms with Crippen LogP contribution in [-0.4, -0.2) is 10.8 Å². The van der Waals surface area contributed by atoms with Gasteiger partial charge in [-0.15, -0.1) is 0 Å². The first-order valence-electron chi connectivity index (χ1n) is 6.57. The van der Waals surface area contributed by atoms with Crippen LogP contribution in [0.1, 0.15) is 42.5 Å². The van der Waals surface area contributed by atoms with E-state index >= 15 is 0 Å². The maximum absolute atomic E-state index is 12.6. The summed E-state index contributed by atoms with van der Waals surface area (Å²) >= 11 is 3.55. The molecule has 1 aliphatic carbocycles. The number of aromatic nitrogens is 1. The number of hydrogen-bond acceptors (Lipinski definition) is 1. The Balaban J connectivity index is 2.01. The van der Waals surface area contributed by atoms with E-state index in [1.807, 2.05) is 24.4 Å². The second-order valence-corrected chi connectivity index (χ2v) is 5.92. The molecule has 2 nitrogen and oxygen atoms in total. The molecule has 94 valence electrons. The van der Waals surface area contributed by atoms with E-state index in [0.29, 0.717) is 5.78 Å². The smallest absolute Gasteiger partial charge is 0.168 e. The third-order valence-corrected chi connectivity index (χ3v) is 4.56. The van der Waals surface area contributed by atoms with Crippen molar-refractivity contribution in [3.63, 3.8) is 0 Å². The van der Waals surface area contributed by atoms with E-state index in [2.05, 4.69) is 20.9 Å². The van der Waals surface area contributed by atoms with Crippen LogP contribution in [0.2, 0.25) is 0 Å². The molecule has 0 aliphatic heterocycles. The summed E-state index contributed by atoms with van der Waals surface area (Å²) in [5.41, 5.74) is 1.88. The number of aromatic amines is 1. The summed E-state index contributed by atoms with van der Waals surface area (Å²) < 4.78 is 1.00. The average Bonchev–Trinajstić information content (AvgIpc) is 2.84. The molecule has 1 heterocycles. The minimum Gasteiger partial charge on any atom is -0.360 e. The maximum Gasteiger partial charge on any atom is 0.168 e. The summed E-state index contributed by atoms with van der Waals surface area (Å²) in [4.78, 5) is 15.8. The second-order valence-electron chi connectivity index (χ2n) is 5.06. The zero-order chi connectivity index (χ0) is 12.5. The first-order valence-corrected chi connectivity index (χ1v) is 7.36. The molecule has 0 unspecified atom stereocenters. The average molecular weight is 306 g/mol. The molecular weight excluding hydrogens is 290 g/mol. The zero-order valence-electron chi connectivity index (χ0n) is 10.2. The summed E-state index contributed by atoms with van der Waals surface area (Å²) in [7, 11) is 0. The number of Topliss-reactive ketones (excluding diaryl/α,β-unsaturated/α-hetero) is 1. The number of halogens is 1. The van der Waals surface area contributed by atoms with Gasteiger partial charge in [-0.05, 0) is 25.0 Å². The van der Waals surface area contributed by atoms with Crippen molar-refractivity contribution in [2.24, 2.45) is 5.92 Å². The lowest BCUT2D eigenvalue weighted by Crippen LogP contribution is -2.17. The Bertz CT molecular complexity index is 581. The van der Waals surface area contributed by atoms with Gasteiger partial charge in [-0.25, -0.2) is 0 Å².